The summed E-state index contributed by atoms with van der Waals surface area (Å²) in [5.74, 6) is -2.11. The van der Waals surface area contributed by atoms with Crippen LogP contribution in [0.1, 0.15) is 136 Å². The summed E-state index contributed by atoms with van der Waals surface area (Å²) in [6.45, 7) is 8.12. The molecule has 55 heavy (non-hydrogen) atoms. The molecular formula is C44H68F2N4O5. The quantitative estimate of drug-likeness (QED) is 0.103. The number of piperidine rings is 2. The summed E-state index contributed by atoms with van der Waals surface area (Å²) in [6.07, 6.45) is 21.5. The van der Waals surface area contributed by atoms with Crippen molar-refractivity contribution in [1.82, 2.24) is 19.6 Å². The molecule has 2 aromatic rings. The third-order valence-corrected chi connectivity index (χ3v) is 11.5. The van der Waals surface area contributed by atoms with Crippen molar-refractivity contribution in [3.63, 3.8) is 0 Å². The molecule has 0 atom stereocenters. The van der Waals surface area contributed by atoms with Gasteiger partial charge >= 0.3 is 0 Å². The first-order valence-corrected chi connectivity index (χ1v) is 21.2. The van der Waals surface area contributed by atoms with Gasteiger partial charge in [-0.15, -0.1) is 0 Å². The first kappa shape index (κ1) is 44.4. The number of aromatic hydroxyl groups is 2. The molecule has 2 amide bonds. The molecule has 2 saturated heterocycles. The largest absolute Gasteiger partial charge is 0.507 e. The zero-order valence-electron chi connectivity index (χ0n) is 33.7. The summed E-state index contributed by atoms with van der Waals surface area (Å²) in [5, 5.41) is 19.8. The standard InChI is InChI=1S/C44H68F2N4O5/c1-47(43(53)39-33-35(45)17-19-41(39)51)25-13-9-5-3-7-11-15-27-49-29-21-37(22-30-49)55-38-23-31-50(32-24-38)28-16-12-8-4-6-10-14-26-48(2)44(54)40-34-36(46)18-20-42(40)52/h17-20,33-34,37-38,51-52H,3-16,21-32H2,1-2H3. The summed E-state index contributed by atoms with van der Waals surface area (Å²) in [6, 6.07) is 6.93. The summed E-state index contributed by atoms with van der Waals surface area (Å²) in [5.41, 5.74) is 0.0347. The fourth-order valence-electron chi connectivity index (χ4n) is 7.92. The Morgan fingerprint density at radius 2 is 0.909 bits per heavy atom. The highest BCUT2D eigenvalue weighted by Crippen LogP contribution is 2.24. The second-order valence-electron chi connectivity index (χ2n) is 15.9. The Balaban J connectivity index is 0.907. The predicted octanol–water partition coefficient (Wildman–Crippen LogP) is 8.63. The van der Waals surface area contributed by atoms with Gasteiger partial charge in [0.15, 0.2) is 0 Å². The smallest absolute Gasteiger partial charge is 0.257 e. The van der Waals surface area contributed by atoms with Crippen molar-refractivity contribution in [2.24, 2.45) is 0 Å². The molecule has 0 bridgehead atoms. The number of carbonyl (C=O) groups excluding carboxylic acids is 2. The van der Waals surface area contributed by atoms with Gasteiger partial charge in [0, 0.05) is 53.4 Å². The van der Waals surface area contributed by atoms with Crippen LogP contribution in [0.25, 0.3) is 0 Å². The number of halogens is 2. The lowest BCUT2D eigenvalue weighted by Gasteiger charge is -2.37. The Morgan fingerprint density at radius 1 is 0.582 bits per heavy atom. The molecule has 308 valence electrons. The second kappa shape index (κ2) is 24.4. The van der Waals surface area contributed by atoms with Crippen LogP contribution in [-0.4, -0.2) is 120 Å². The van der Waals surface area contributed by atoms with Crippen molar-refractivity contribution < 1.29 is 33.3 Å². The lowest BCUT2D eigenvalue weighted by atomic mass is 10.0. The number of benzene rings is 2. The van der Waals surface area contributed by atoms with E-state index in [2.05, 4.69) is 9.80 Å². The molecule has 2 aliphatic rings. The zero-order chi connectivity index (χ0) is 39.4. The fourth-order valence-corrected chi connectivity index (χ4v) is 7.92. The molecule has 0 aromatic heterocycles. The minimum atomic E-state index is -0.524. The zero-order valence-corrected chi connectivity index (χ0v) is 33.7. The molecule has 2 N–H and O–H groups in total. The van der Waals surface area contributed by atoms with Crippen LogP contribution in [0.3, 0.4) is 0 Å². The number of carbonyl (C=O) groups is 2. The number of ether oxygens (including phenoxy) is 1. The van der Waals surface area contributed by atoms with Gasteiger partial charge in [0.25, 0.3) is 11.8 Å². The molecule has 2 fully saturated rings. The summed E-state index contributed by atoms with van der Waals surface area (Å²) >= 11 is 0. The van der Waals surface area contributed by atoms with Gasteiger partial charge in [-0.3, -0.25) is 9.59 Å². The van der Waals surface area contributed by atoms with E-state index in [1.807, 2.05) is 0 Å². The van der Waals surface area contributed by atoms with E-state index in [0.29, 0.717) is 25.3 Å². The van der Waals surface area contributed by atoms with Gasteiger partial charge in [0.2, 0.25) is 0 Å². The first-order valence-electron chi connectivity index (χ1n) is 21.2. The van der Waals surface area contributed by atoms with Gasteiger partial charge in [0.1, 0.15) is 23.1 Å². The molecule has 0 saturated carbocycles. The third-order valence-electron chi connectivity index (χ3n) is 11.5. The van der Waals surface area contributed by atoms with Crippen LogP contribution in [0.4, 0.5) is 8.78 Å². The van der Waals surface area contributed by atoms with Gasteiger partial charge in [0.05, 0.1) is 23.3 Å². The van der Waals surface area contributed by atoms with Crippen LogP contribution < -0.4 is 0 Å². The van der Waals surface area contributed by atoms with Gasteiger partial charge < -0.3 is 34.5 Å². The maximum absolute atomic E-state index is 13.5. The number of unbranched alkanes of at least 4 members (excludes halogenated alkanes) is 12. The molecule has 0 unspecified atom stereocenters. The monoisotopic (exact) mass is 771 g/mol. The normalized spacial score (nSPS) is 16.1. The third kappa shape index (κ3) is 16.0. The Kier molecular flexibility index (Phi) is 19.7. The highest BCUT2D eigenvalue weighted by molar-refractivity contribution is 5.97. The Bertz CT molecular complexity index is 1330. The van der Waals surface area contributed by atoms with Crippen LogP contribution in [0, 0.1) is 11.6 Å². The predicted molar refractivity (Wildman–Crippen MR) is 215 cm³/mol. The molecule has 2 heterocycles. The molecule has 0 aliphatic carbocycles. The van der Waals surface area contributed by atoms with Crippen LogP contribution in [0.2, 0.25) is 0 Å². The average Bonchev–Trinajstić information content (AvgIpc) is 3.18. The summed E-state index contributed by atoms with van der Waals surface area (Å²) < 4.78 is 33.5. The van der Waals surface area contributed by atoms with Crippen LogP contribution in [-0.2, 0) is 4.74 Å². The number of hydrogen-bond acceptors (Lipinski definition) is 7. The summed E-state index contributed by atoms with van der Waals surface area (Å²) in [7, 11) is 3.40. The topological polar surface area (TPSA) is 96.8 Å². The Labute approximate surface area is 329 Å². The number of rotatable bonds is 24. The van der Waals surface area contributed by atoms with Crippen LogP contribution in [0.5, 0.6) is 11.5 Å². The fraction of sp³-hybridized carbons (Fsp3) is 0.682. The molecule has 2 aliphatic heterocycles. The minimum absolute atomic E-state index is 0.0173. The van der Waals surface area contributed by atoms with E-state index in [-0.39, 0.29) is 34.4 Å². The van der Waals surface area contributed by atoms with E-state index in [0.717, 1.165) is 115 Å². The molecule has 0 radical (unpaired) electrons. The lowest BCUT2D eigenvalue weighted by Crippen LogP contribution is -2.42. The van der Waals surface area contributed by atoms with Crippen molar-refractivity contribution in [1.29, 1.82) is 0 Å². The van der Waals surface area contributed by atoms with E-state index in [1.165, 1.54) is 76.6 Å². The molecule has 4 rings (SSSR count). The maximum Gasteiger partial charge on any atom is 0.257 e. The molecule has 0 spiro atoms. The Morgan fingerprint density at radius 3 is 1.27 bits per heavy atom. The maximum atomic E-state index is 13.5. The summed E-state index contributed by atoms with van der Waals surface area (Å²) in [4.78, 5) is 33.3. The van der Waals surface area contributed by atoms with E-state index in [4.69, 9.17) is 4.74 Å². The lowest BCUT2D eigenvalue weighted by molar-refractivity contribution is -0.0650. The Hall–Kier alpha value is -3.28. The van der Waals surface area contributed by atoms with Gasteiger partial charge in [-0.2, -0.15) is 0 Å². The van der Waals surface area contributed by atoms with Crippen molar-refractivity contribution >= 4 is 11.8 Å². The van der Waals surface area contributed by atoms with E-state index < -0.39 is 11.6 Å². The highest BCUT2D eigenvalue weighted by Gasteiger charge is 2.26. The molecular weight excluding hydrogens is 703 g/mol. The SMILES string of the molecule is CN(CCCCCCCCCN1CCC(OC2CCN(CCCCCCCCCN(C)C(=O)c3cc(F)ccc3O)CC2)CC1)C(=O)c1cc(F)ccc1O. The number of hydrogen-bond donors (Lipinski definition) is 2. The van der Waals surface area contributed by atoms with Gasteiger partial charge in [-0.25, -0.2) is 8.78 Å². The number of likely N-dealkylation sites (tertiary alicyclic amines) is 2. The number of nitrogens with zero attached hydrogens (tertiary/aromatic N) is 4. The molecule has 11 heteroatoms. The second-order valence-corrected chi connectivity index (χ2v) is 15.9. The number of amides is 2. The van der Waals surface area contributed by atoms with Crippen molar-refractivity contribution in [3.8, 4) is 11.5 Å². The van der Waals surface area contributed by atoms with E-state index in [1.54, 1.807) is 23.9 Å². The van der Waals surface area contributed by atoms with Crippen molar-refractivity contribution in [2.45, 2.75) is 128 Å². The van der Waals surface area contributed by atoms with E-state index in [9.17, 15) is 28.6 Å². The average molecular weight is 771 g/mol. The van der Waals surface area contributed by atoms with Crippen LogP contribution in [0.15, 0.2) is 36.4 Å². The van der Waals surface area contributed by atoms with E-state index >= 15 is 0 Å². The first-order chi connectivity index (χ1) is 26.6. The minimum Gasteiger partial charge on any atom is -0.507 e. The number of phenolic OH excluding ortho intramolecular Hbond substituents is 2. The molecule has 9 nitrogen and oxygen atoms in total. The van der Waals surface area contributed by atoms with Gasteiger partial charge in [-0.05, 0) is 101 Å². The molecule has 2 aromatic carbocycles. The van der Waals surface area contributed by atoms with Crippen molar-refractivity contribution in [3.05, 3.63) is 59.2 Å². The highest BCUT2D eigenvalue weighted by atomic mass is 19.1. The van der Waals surface area contributed by atoms with Crippen LogP contribution >= 0.6 is 0 Å². The van der Waals surface area contributed by atoms with Crippen molar-refractivity contribution in [2.75, 3.05) is 66.5 Å². The van der Waals surface area contributed by atoms with Gasteiger partial charge in [-0.1, -0.05) is 64.2 Å². The number of phenols is 2.